The third-order valence-electron chi connectivity index (χ3n) is 4.90. The number of nitrogens with one attached hydrogen (secondary N) is 1. The summed E-state index contributed by atoms with van der Waals surface area (Å²) < 4.78 is 23.2. The highest BCUT2D eigenvalue weighted by atomic mass is 32.2. The maximum Gasteiger partial charge on any atom is 0.148 e. The van der Waals surface area contributed by atoms with Gasteiger partial charge in [-0.3, -0.25) is 0 Å². The van der Waals surface area contributed by atoms with Gasteiger partial charge >= 0.3 is 0 Å². The van der Waals surface area contributed by atoms with E-state index in [0.717, 1.165) is 19.4 Å². The molecule has 3 nitrogen and oxygen atoms in total. The zero-order valence-corrected chi connectivity index (χ0v) is 13.1. The van der Waals surface area contributed by atoms with Crippen LogP contribution in [0.5, 0.6) is 0 Å². The van der Waals surface area contributed by atoms with E-state index in [1.807, 2.05) is 0 Å². The molecule has 1 aliphatic heterocycles. The van der Waals surface area contributed by atoms with Gasteiger partial charge in [-0.25, -0.2) is 8.42 Å². The Morgan fingerprint density at radius 3 is 2.15 bits per heavy atom. The molecule has 1 aromatic carbocycles. The molecule has 1 atom stereocenters. The number of sulfone groups is 1. The summed E-state index contributed by atoms with van der Waals surface area (Å²) in [5, 5.41) is 3.57. The van der Waals surface area contributed by atoms with E-state index in [2.05, 4.69) is 36.5 Å². The molecule has 0 bridgehead atoms. The Kier molecular flexibility index (Phi) is 3.22. The second-order valence-electron chi connectivity index (χ2n) is 6.79. The molecule has 0 aromatic heterocycles. The highest BCUT2D eigenvalue weighted by molar-refractivity contribution is 7.90. The third kappa shape index (κ3) is 2.63. The van der Waals surface area contributed by atoms with Crippen molar-refractivity contribution in [1.29, 1.82) is 0 Å². The van der Waals surface area contributed by atoms with Gasteiger partial charge in [0.05, 0.1) is 5.75 Å². The maximum atomic E-state index is 11.6. The Labute approximate surface area is 121 Å². The van der Waals surface area contributed by atoms with Crippen molar-refractivity contribution in [2.75, 3.05) is 18.6 Å². The first-order valence-corrected chi connectivity index (χ1v) is 9.43. The van der Waals surface area contributed by atoms with E-state index in [-0.39, 0.29) is 16.7 Å². The van der Waals surface area contributed by atoms with Gasteiger partial charge in [0.2, 0.25) is 0 Å². The SMILES string of the molecule is CC1(c2ccc(C3(CS(C)(=O)=O)CC3)cc2)CCCN1. The minimum Gasteiger partial charge on any atom is -0.308 e. The van der Waals surface area contributed by atoms with Gasteiger partial charge in [0, 0.05) is 17.2 Å². The Morgan fingerprint density at radius 1 is 1.10 bits per heavy atom. The van der Waals surface area contributed by atoms with Crippen LogP contribution in [0.1, 0.15) is 43.7 Å². The minimum absolute atomic E-state index is 0.0894. The molecule has 1 saturated carbocycles. The molecule has 20 heavy (non-hydrogen) atoms. The molecule has 0 radical (unpaired) electrons. The van der Waals surface area contributed by atoms with Crippen molar-refractivity contribution in [3.05, 3.63) is 35.4 Å². The molecule has 2 aliphatic rings. The lowest BCUT2D eigenvalue weighted by molar-refractivity contribution is 0.434. The zero-order chi connectivity index (χ0) is 14.4. The normalized spacial score (nSPS) is 28.5. The van der Waals surface area contributed by atoms with Crippen LogP contribution in [0.2, 0.25) is 0 Å². The first-order valence-electron chi connectivity index (χ1n) is 7.37. The molecule has 2 fully saturated rings. The monoisotopic (exact) mass is 293 g/mol. The fraction of sp³-hybridized carbons (Fsp3) is 0.625. The van der Waals surface area contributed by atoms with Gasteiger partial charge in [0.15, 0.2) is 0 Å². The summed E-state index contributed by atoms with van der Waals surface area (Å²) in [6.45, 7) is 3.33. The molecule has 110 valence electrons. The second-order valence-corrected chi connectivity index (χ2v) is 8.93. The van der Waals surface area contributed by atoms with E-state index >= 15 is 0 Å². The number of hydrogen-bond donors (Lipinski definition) is 1. The van der Waals surface area contributed by atoms with Crippen molar-refractivity contribution in [2.45, 2.75) is 43.6 Å². The van der Waals surface area contributed by atoms with Crippen molar-refractivity contribution in [2.24, 2.45) is 0 Å². The van der Waals surface area contributed by atoms with E-state index in [0.29, 0.717) is 0 Å². The molecule has 3 rings (SSSR count). The Balaban J connectivity index is 1.83. The standard InChI is InChI=1S/C16H23NO2S/c1-15(8-3-11-17-15)13-4-6-14(7-5-13)16(9-10-16)12-20(2,18)19/h4-7,17H,3,8-12H2,1-2H3. The van der Waals surface area contributed by atoms with Crippen LogP contribution in [0.25, 0.3) is 0 Å². The molecule has 1 aliphatic carbocycles. The van der Waals surface area contributed by atoms with Crippen LogP contribution in [0.4, 0.5) is 0 Å². The summed E-state index contributed by atoms with van der Waals surface area (Å²) in [4.78, 5) is 0. The molecule has 1 heterocycles. The lowest BCUT2D eigenvalue weighted by Crippen LogP contribution is -2.33. The smallest absolute Gasteiger partial charge is 0.148 e. The highest BCUT2D eigenvalue weighted by Gasteiger charge is 2.46. The molecule has 1 saturated heterocycles. The van der Waals surface area contributed by atoms with Crippen molar-refractivity contribution < 1.29 is 8.42 Å². The maximum absolute atomic E-state index is 11.6. The second kappa shape index (κ2) is 4.57. The van der Waals surface area contributed by atoms with Gasteiger partial charge in [0.25, 0.3) is 0 Å². The quantitative estimate of drug-likeness (QED) is 0.927. The van der Waals surface area contributed by atoms with E-state index in [9.17, 15) is 8.42 Å². The number of benzene rings is 1. The molecular formula is C16H23NO2S. The Morgan fingerprint density at radius 2 is 1.70 bits per heavy atom. The predicted molar refractivity (Wildman–Crippen MR) is 81.7 cm³/mol. The fourth-order valence-corrected chi connectivity index (χ4v) is 4.96. The first-order chi connectivity index (χ1) is 9.33. The summed E-state index contributed by atoms with van der Waals surface area (Å²) in [6, 6.07) is 8.63. The van der Waals surface area contributed by atoms with Gasteiger partial charge in [-0.15, -0.1) is 0 Å². The van der Waals surface area contributed by atoms with Crippen LogP contribution >= 0.6 is 0 Å². The lowest BCUT2D eigenvalue weighted by Gasteiger charge is -2.26. The average molecular weight is 293 g/mol. The van der Waals surface area contributed by atoms with Crippen LogP contribution in [0, 0.1) is 0 Å². The number of hydrogen-bond acceptors (Lipinski definition) is 3. The van der Waals surface area contributed by atoms with Gasteiger partial charge in [0.1, 0.15) is 9.84 Å². The molecule has 1 N–H and O–H groups in total. The molecule has 0 amide bonds. The summed E-state index contributed by atoms with van der Waals surface area (Å²) in [5.74, 6) is 0.287. The van der Waals surface area contributed by atoms with Gasteiger partial charge in [-0.05, 0) is 50.3 Å². The predicted octanol–water partition coefficient (Wildman–Crippen LogP) is 2.36. The average Bonchev–Trinajstić information content (AvgIpc) is 3.00. The summed E-state index contributed by atoms with van der Waals surface area (Å²) >= 11 is 0. The van der Waals surface area contributed by atoms with Gasteiger partial charge in [-0.2, -0.15) is 0 Å². The van der Waals surface area contributed by atoms with Gasteiger partial charge < -0.3 is 5.32 Å². The Hall–Kier alpha value is -0.870. The van der Waals surface area contributed by atoms with E-state index in [1.54, 1.807) is 0 Å². The van der Waals surface area contributed by atoms with Crippen LogP contribution in [0.15, 0.2) is 24.3 Å². The van der Waals surface area contributed by atoms with Crippen LogP contribution in [-0.4, -0.2) is 27.0 Å². The van der Waals surface area contributed by atoms with Crippen molar-refractivity contribution in [3.63, 3.8) is 0 Å². The summed E-state index contributed by atoms with van der Waals surface area (Å²) in [7, 11) is -2.92. The third-order valence-corrected chi connectivity index (χ3v) is 5.97. The molecule has 1 unspecified atom stereocenters. The highest BCUT2D eigenvalue weighted by Crippen LogP contribution is 2.49. The van der Waals surface area contributed by atoms with E-state index in [1.165, 1.54) is 30.2 Å². The van der Waals surface area contributed by atoms with Crippen LogP contribution in [0.3, 0.4) is 0 Å². The molecular weight excluding hydrogens is 270 g/mol. The van der Waals surface area contributed by atoms with Crippen molar-refractivity contribution in [1.82, 2.24) is 5.32 Å². The van der Waals surface area contributed by atoms with Crippen molar-refractivity contribution >= 4 is 9.84 Å². The zero-order valence-electron chi connectivity index (χ0n) is 12.3. The number of rotatable bonds is 4. The Bertz CT molecular complexity index is 594. The minimum atomic E-state index is -2.92. The first kappa shape index (κ1) is 14.1. The molecule has 4 heteroatoms. The summed E-state index contributed by atoms with van der Waals surface area (Å²) in [5.41, 5.74) is 2.49. The molecule has 1 aromatic rings. The lowest BCUT2D eigenvalue weighted by atomic mass is 9.88. The van der Waals surface area contributed by atoms with E-state index in [4.69, 9.17) is 0 Å². The topological polar surface area (TPSA) is 46.2 Å². The van der Waals surface area contributed by atoms with Crippen LogP contribution in [-0.2, 0) is 20.8 Å². The van der Waals surface area contributed by atoms with Crippen LogP contribution < -0.4 is 5.32 Å². The molecule has 0 spiro atoms. The van der Waals surface area contributed by atoms with Gasteiger partial charge in [-0.1, -0.05) is 24.3 Å². The fourth-order valence-electron chi connectivity index (χ4n) is 3.50. The van der Waals surface area contributed by atoms with E-state index < -0.39 is 9.84 Å². The largest absolute Gasteiger partial charge is 0.308 e. The van der Waals surface area contributed by atoms with Crippen molar-refractivity contribution in [3.8, 4) is 0 Å². The summed E-state index contributed by atoms with van der Waals surface area (Å²) in [6.07, 6.45) is 5.71.